The van der Waals surface area contributed by atoms with Crippen molar-refractivity contribution in [3.63, 3.8) is 0 Å². The molecule has 1 heterocycles. The van der Waals surface area contributed by atoms with Crippen LogP contribution in [0.2, 0.25) is 0 Å². The first-order valence-electron chi connectivity index (χ1n) is 9.64. The van der Waals surface area contributed by atoms with Crippen molar-refractivity contribution in [3.05, 3.63) is 26.5 Å². The van der Waals surface area contributed by atoms with Crippen LogP contribution in [0.3, 0.4) is 0 Å². The number of nitrogens with zero attached hydrogens (tertiary/aromatic N) is 5. The van der Waals surface area contributed by atoms with Crippen LogP contribution in [0.4, 0.5) is 0 Å². The summed E-state index contributed by atoms with van der Waals surface area (Å²) in [4.78, 5) is 45.8. The lowest BCUT2D eigenvalue weighted by Gasteiger charge is -2.33. The lowest BCUT2D eigenvalue weighted by molar-refractivity contribution is -0.135. The molecule has 1 aromatic rings. The fraction of sp³-hybridized carbons (Fsp3) is 0.684. The Morgan fingerprint density at radius 2 is 1.97 bits per heavy atom. The van der Waals surface area contributed by atoms with E-state index in [0.717, 1.165) is 11.3 Å². The number of thiazole rings is 1. The van der Waals surface area contributed by atoms with Crippen LogP contribution >= 0.6 is 11.3 Å². The van der Waals surface area contributed by atoms with Gasteiger partial charge in [-0.1, -0.05) is 39.2 Å². The third kappa shape index (κ3) is 6.54. The molecule has 0 radical (unpaired) electrons. The van der Waals surface area contributed by atoms with Crippen LogP contribution in [0.5, 0.6) is 0 Å². The first-order chi connectivity index (χ1) is 13.7. The van der Waals surface area contributed by atoms with Gasteiger partial charge in [0.15, 0.2) is 16.5 Å². The molecule has 160 valence electrons. The Bertz CT molecular complexity index is 772. The summed E-state index contributed by atoms with van der Waals surface area (Å²) in [6.07, 6.45) is 0.740. The Kier molecular flexibility index (Phi) is 9.77. The van der Waals surface area contributed by atoms with Crippen molar-refractivity contribution in [3.8, 4) is 0 Å². The maximum atomic E-state index is 12.9. The fourth-order valence-corrected chi connectivity index (χ4v) is 3.59. The molecule has 0 spiro atoms. The summed E-state index contributed by atoms with van der Waals surface area (Å²) in [5, 5.41) is 5.37. The summed E-state index contributed by atoms with van der Waals surface area (Å²) in [5.74, 6) is -1.26. The molecule has 0 saturated carbocycles. The highest BCUT2D eigenvalue weighted by Crippen LogP contribution is 2.22. The van der Waals surface area contributed by atoms with E-state index in [2.05, 4.69) is 15.0 Å². The van der Waals surface area contributed by atoms with Crippen LogP contribution in [-0.2, 0) is 9.53 Å². The van der Waals surface area contributed by atoms with Crippen LogP contribution in [-0.4, -0.2) is 53.3 Å². The van der Waals surface area contributed by atoms with Gasteiger partial charge in [0.2, 0.25) is 5.91 Å². The molecule has 29 heavy (non-hydrogen) atoms. The molecule has 0 bridgehead atoms. The fourth-order valence-electron chi connectivity index (χ4n) is 2.86. The summed E-state index contributed by atoms with van der Waals surface area (Å²) < 4.78 is 4.89. The number of hydrogen-bond acceptors (Lipinski definition) is 7. The molecule has 0 aliphatic carbocycles. The van der Waals surface area contributed by atoms with Crippen molar-refractivity contribution in [2.45, 2.75) is 59.5 Å². The van der Waals surface area contributed by atoms with Gasteiger partial charge in [-0.05, 0) is 24.3 Å². The van der Waals surface area contributed by atoms with Crippen molar-refractivity contribution in [1.29, 1.82) is 0 Å². The minimum atomic E-state index is -0.818. The predicted molar refractivity (Wildman–Crippen MR) is 111 cm³/mol. The predicted octanol–water partition coefficient (Wildman–Crippen LogP) is 4.10. The SMILES string of the molecule is CCOC(=O)c1csc(C(=O)CC(C(C)C)N(C)C(=O)[C@@H](N=[N+]=[N-])C(C)CC)n1. The van der Waals surface area contributed by atoms with Gasteiger partial charge in [-0.2, -0.15) is 0 Å². The van der Waals surface area contributed by atoms with Gasteiger partial charge in [0.25, 0.3) is 0 Å². The van der Waals surface area contributed by atoms with Crippen LogP contribution in [0, 0.1) is 11.8 Å². The zero-order valence-corrected chi connectivity index (χ0v) is 18.6. The first-order valence-corrected chi connectivity index (χ1v) is 10.5. The maximum absolute atomic E-state index is 12.9. The molecular weight excluding hydrogens is 394 g/mol. The van der Waals surface area contributed by atoms with Gasteiger partial charge >= 0.3 is 5.97 Å². The van der Waals surface area contributed by atoms with Gasteiger partial charge in [-0.25, -0.2) is 9.78 Å². The number of carbonyl (C=O) groups is 3. The third-order valence-corrected chi connectivity index (χ3v) is 5.73. The number of Topliss-reactive ketones (excluding diaryl/α,β-unsaturated/α-hetero) is 1. The van der Waals surface area contributed by atoms with Crippen molar-refractivity contribution in [2.75, 3.05) is 13.7 Å². The number of aromatic nitrogens is 1. The molecule has 1 aromatic heterocycles. The van der Waals surface area contributed by atoms with Gasteiger partial charge in [0, 0.05) is 29.8 Å². The highest BCUT2D eigenvalue weighted by molar-refractivity contribution is 7.11. The van der Waals surface area contributed by atoms with E-state index >= 15 is 0 Å². The number of likely N-dealkylation sites (N-methyl/N-ethyl adjacent to an activating group) is 1. The molecule has 1 rings (SSSR count). The summed E-state index contributed by atoms with van der Waals surface area (Å²) in [6, 6.07) is -1.22. The molecule has 9 nitrogen and oxygen atoms in total. The molecule has 10 heteroatoms. The van der Waals surface area contributed by atoms with Gasteiger partial charge < -0.3 is 9.64 Å². The Morgan fingerprint density at radius 1 is 1.31 bits per heavy atom. The normalized spacial score (nSPS) is 13.9. The summed E-state index contributed by atoms with van der Waals surface area (Å²) in [6.45, 7) is 9.53. The van der Waals surface area contributed by atoms with E-state index in [-0.39, 0.29) is 47.3 Å². The van der Waals surface area contributed by atoms with E-state index in [1.165, 1.54) is 10.3 Å². The van der Waals surface area contributed by atoms with Gasteiger partial charge in [0.05, 0.1) is 6.61 Å². The second kappa shape index (κ2) is 11.5. The van der Waals surface area contributed by atoms with Gasteiger partial charge in [-0.3, -0.25) is 9.59 Å². The molecule has 0 fully saturated rings. The van der Waals surface area contributed by atoms with Gasteiger partial charge in [-0.15, -0.1) is 11.3 Å². The summed E-state index contributed by atoms with van der Waals surface area (Å²) in [5.41, 5.74) is 8.93. The van der Waals surface area contributed by atoms with Crippen LogP contribution in [0.15, 0.2) is 10.5 Å². The van der Waals surface area contributed by atoms with Crippen molar-refractivity contribution >= 4 is 29.0 Å². The molecule has 0 aliphatic heterocycles. The van der Waals surface area contributed by atoms with Crippen molar-refractivity contribution in [1.82, 2.24) is 9.88 Å². The first kappa shape index (κ1) is 24.6. The van der Waals surface area contributed by atoms with Crippen LogP contribution in [0.25, 0.3) is 10.4 Å². The molecule has 0 aromatic carbocycles. The monoisotopic (exact) mass is 423 g/mol. The molecule has 0 N–H and O–H groups in total. The summed E-state index contributed by atoms with van der Waals surface area (Å²) in [7, 11) is 1.62. The van der Waals surface area contributed by atoms with Crippen molar-refractivity contribution in [2.24, 2.45) is 17.0 Å². The lowest BCUT2D eigenvalue weighted by atomic mass is 9.94. The smallest absolute Gasteiger partial charge is 0.357 e. The number of hydrogen-bond donors (Lipinski definition) is 0. The molecular formula is C19H29N5O4S. The standard InChI is InChI=1S/C19H29N5O4S/c1-7-12(5)16(22-23-20)18(26)24(6)14(11(3)4)9-15(25)17-21-13(10-29-17)19(27)28-8-2/h10-12,14,16H,7-9H2,1-6H3/t12?,14?,16-/m0/s1. The number of carbonyl (C=O) groups excluding carboxylic acids is 3. The number of ether oxygens (including phenoxy) is 1. The number of ketones is 1. The van der Waals surface area contributed by atoms with E-state index in [1.54, 1.807) is 14.0 Å². The Morgan fingerprint density at radius 3 is 2.48 bits per heavy atom. The molecule has 0 aliphatic rings. The van der Waals surface area contributed by atoms with Crippen LogP contribution < -0.4 is 0 Å². The Hall–Kier alpha value is -2.45. The molecule has 1 amide bonds. The number of rotatable bonds is 11. The maximum Gasteiger partial charge on any atom is 0.357 e. The Labute approximate surface area is 175 Å². The average Bonchev–Trinajstić information content (AvgIpc) is 3.19. The topological polar surface area (TPSA) is 125 Å². The number of esters is 1. The van der Waals surface area contributed by atoms with E-state index in [4.69, 9.17) is 10.3 Å². The van der Waals surface area contributed by atoms with E-state index in [0.29, 0.717) is 6.42 Å². The molecule has 2 unspecified atom stereocenters. The minimum absolute atomic E-state index is 0.0129. The van der Waals surface area contributed by atoms with Crippen molar-refractivity contribution < 1.29 is 19.1 Å². The highest BCUT2D eigenvalue weighted by Gasteiger charge is 2.32. The quantitative estimate of drug-likeness (QED) is 0.174. The second-order valence-corrected chi connectivity index (χ2v) is 8.04. The van der Waals surface area contributed by atoms with E-state index < -0.39 is 18.1 Å². The Balaban J connectivity index is 2.99. The lowest BCUT2D eigenvalue weighted by Crippen LogP contribution is -2.47. The number of amides is 1. The zero-order valence-electron chi connectivity index (χ0n) is 17.8. The molecule has 3 atom stereocenters. The van der Waals surface area contributed by atoms with E-state index in [1.807, 2.05) is 27.7 Å². The second-order valence-electron chi connectivity index (χ2n) is 7.18. The number of azide groups is 1. The minimum Gasteiger partial charge on any atom is -0.461 e. The average molecular weight is 424 g/mol. The highest BCUT2D eigenvalue weighted by atomic mass is 32.1. The van der Waals surface area contributed by atoms with Gasteiger partial charge in [0.1, 0.15) is 6.04 Å². The third-order valence-electron chi connectivity index (χ3n) is 4.85. The molecule has 0 saturated heterocycles. The van der Waals surface area contributed by atoms with E-state index in [9.17, 15) is 14.4 Å². The van der Waals surface area contributed by atoms with Crippen LogP contribution in [0.1, 0.15) is 67.8 Å². The largest absolute Gasteiger partial charge is 0.461 e. The zero-order chi connectivity index (χ0) is 22.1. The summed E-state index contributed by atoms with van der Waals surface area (Å²) >= 11 is 1.08.